The second-order valence-corrected chi connectivity index (χ2v) is 7.14. The fourth-order valence-corrected chi connectivity index (χ4v) is 2.29. The first-order chi connectivity index (χ1) is 13.7. The summed E-state index contributed by atoms with van der Waals surface area (Å²) in [5.74, 6) is -1.99. The third-order valence-corrected chi connectivity index (χ3v) is 3.43. The number of rotatable bonds is 6. The van der Waals surface area contributed by atoms with Crippen molar-refractivity contribution in [3.63, 3.8) is 0 Å². The summed E-state index contributed by atoms with van der Waals surface area (Å²) in [7, 11) is 2.53. The van der Waals surface area contributed by atoms with E-state index in [1.165, 1.54) is 14.1 Å². The minimum atomic E-state index is -4.73. The summed E-state index contributed by atoms with van der Waals surface area (Å²) >= 11 is 0. The van der Waals surface area contributed by atoms with Gasteiger partial charge in [0.25, 0.3) is 0 Å². The van der Waals surface area contributed by atoms with Crippen molar-refractivity contribution in [1.29, 1.82) is 0 Å². The van der Waals surface area contributed by atoms with Gasteiger partial charge in [0.05, 0.1) is 4.92 Å². The standard InChI is InChI=1S/C16H19F3N6O5/c1-15(2,3)30-11(26)7-23(4)13-12(25(27)28)14(21-8-20-13)29-10-6-9(16(17,18)19)22-24(10)5/h6,8H,7H2,1-5H3. The molecule has 2 heterocycles. The number of carbonyl (C=O) groups excluding carboxylic acids is 1. The number of nitro groups is 1. The van der Waals surface area contributed by atoms with Crippen molar-refractivity contribution in [3.05, 3.63) is 28.2 Å². The van der Waals surface area contributed by atoms with Crippen LogP contribution in [-0.4, -0.2) is 49.8 Å². The number of esters is 1. The topological polar surface area (TPSA) is 126 Å². The highest BCUT2D eigenvalue weighted by Crippen LogP contribution is 2.37. The first kappa shape index (κ1) is 22.8. The lowest BCUT2D eigenvalue weighted by atomic mass is 10.2. The molecule has 0 aliphatic heterocycles. The predicted octanol–water partition coefficient (Wildman–Crippen LogP) is 2.71. The molecule has 0 aliphatic rings. The molecule has 0 saturated carbocycles. The predicted molar refractivity (Wildman–Crippen MR) is 96.1 cm³/mol. The van der Waals surface area contributed by atoms with E-state index in [4.69, 9.17) is 9.47 Å². The van der Waals surface area contributed by atoms with Gasteiger partial charge in [0.15, 0.2) is 5.69 Å². The van der Waals surface area contributed by atoms with Crippen LogP contribution >= 0.6 is 0 Å². The largest absolute Gasteiger partial charge is 0.459 e. The van der Waals surface area contributed by atoms with Gasteiger partial charge in [-0.1, -0.05) is 0 Å². The molecule has 0 aliphatic carbocycles. The van der Waals surface area contributed by atoms with Crippen LogP contribution in [0.5, 0.6) is 11.8 Å². The second-order valence-electron chi connectivity index (χ2n) is 7.14. The smallest absolute Gasteiger partial charge is 0.435 e. The lowest BCUT2D eigenvalue weighted by molar-refractivity contribution is -0.385. The van der Waals surface area contributed by atoms with E-state index in [1.807, 2.05) is 0 Å². The molecule has 0 fully saturated rings. The van der Waals surface area contributed by atoms with E-state index in [1.54, 1.807) is 20.8 Å². The van der Waals surface area contributed by atoms with Crippen LogP contribution in [0.4, 0.5) is 24.7 Å². The molecular formula is C16H19F3N6O5. The number of carbonyl (C=O) groups is 1. The quantitative estimate of drug-likeness (QED) is 0.385. The van der Waals surface area contributed by atoms with E-state index in [0.717, 1.165) is 15.9 Å². The molecule has 11 nitrogen and oxygen atoms in total. The van der Waals surface area contributed by atoms with Gasteiger partial charge in [-0.3, -0.25) is 14.9 Å². The van der Waals surface area contributed by atoms with Gasteiger partial charge in [-0.25, -0.2) is 9.67 Å². The zero-order valence-electron chi connectivity index (χ0n) is 16.7. The van der Waals surface area contributed by atoms with E-state index in [9.17, 15) is 28.1 Å². The summed E-state index contributed by atoms with van der Waals surface area (Å²) in [4.78, 5) is 31.3. The Labute approximate surface area is 168 Å². The molecule has 0 amide bonds. The number of hydrogen-bond acceptors (Lipinski definition) is 9. The Hall–Kier alpha value is -3.45. The van der Waals surface area contributed by atoms with Crippen molar-refractivity contribution in [2.75, 3.05) is 18.5 Å². The van der Waals surface area contributed by atoms with Crippen LogP contribution in [0.3, 0.4) is 0 Å². The Morgan fingerprint density at radius 1 is 1.30 bits per heavy atom. The van der Waals surface area contributed by atoms with E-state index in [0.29, 0.717) is 6.07 Å². The highest BCUT2D eigenvalue weighted by molar-refractivity contribution is 5.77. The maximum Gasteiger partial charge on any atom is 0.435 e. The van der Waals surface area contributed by atoms with Crippen molar-refractivity contribution < 1.29 is 32.4 Å². The van der Waals surface area contributed by atoms with E-state index < -0.39 is 45.8 Å². The summed E-state index contributed by atoms with van der Waals surface area (Å²) < 4.78 is 49.6. The first-order valence-corrected chi connectivity index (χ1v) is 8.40. The van der Waals surface area contributed by atoms with Gasteiger partial charge >= 0.3 is 23.7 Å². The fraction of sp³-hybridized carbons (Fsp3) is 0.500. The summed E-state index contributed by atoms with van der Waals surface area (Å²) in [5, 5.41) is 14.9. The molecule has 0 unspecified atom stereocenters. The molecule has 2 aromatic heterocycles. The van der Waals surface area contributed by atoms with Crippen LogP contribution in [0.2, 0.25) is 0 Å². The maximum absolute atomic E-state index is 12.8. The number of alkyl halides is 3. The zero-order valence-corrected chi connectivity index (χ0v) is 16.7. The Morgan fingerprint density at radius 3 is 2.43 bits per heavy atom. The summed E-state index contributed by atoms with van der Waals surface area (Å²) in [6.45, 7) is 4.60. The number of aromatic nitrogens is 4. The minimum Gasteiger partial charge on any atom is -0.459 e. The number of hydrogen-bond donors (Lipinski definition) is 0. The third-order valence-electron chi connectivity index (χ3n) is 3.43. The molecule has 0 radical (unpaired) electrons. The molecule has 30 heavy (non-hydrogen) atoms. The molecule has 0 bridgehead atoms. The van der Waals surface area contributed by atoms with Crippen molar-refractivity contribution >= 4 is 17.5 Å². The fourth-order valence-electron chi connectivity index (χ4n) is 2.29. The van der Waals surface area contributed by atoms with Gasteiger partial charge in [0.2, 0.25) is 11.7 Å². The molecule has 164 valence electrons. The van der Waals surface area contributed by atoms with Gasteiger partial charge in [0.1, 0.15) is 18.5 Å². The first-order valence-electron chi connectivity index (χ1n) is 8.40. The Bertz CT molecular complexity index is 954. The Morgan fingerprint density at radius 2 is 1.93 bits per heavy atom. The number of likely N-dealkylation sites (N-methyl/N-ethyl adjacent to an activating group) is 1. The molecule has 0 aromatic carbocycles. The summed E-state index contributed by atoms with van der Waals surface area (Å²) in [6.07, 6.45) is -3.81. The van der Waals surface area contributed by atoms with Crippen molar-refractivity contribution in [1.82, 2.24) is 19.7 Å². The minimum absolute atomic E-state index is 0.283. The van der Waals surface area contributed by atoms with Gasteiger partial charge < -0.3 is 14.4 Å². The highest BCUT2D eigenvalue weighted by atomic mass is 19.4. The SMILES string of the molecule is CN(CC(=O)OC(C)(C)C)c1ncnc(Oc2cc(C(F)(F)F)nn2C)c1[N+](=O)[O-]. The molecule has 0 atom stereocenters. The lowest BCUT2D eigenvalue weighted by Gasteiger charge is -2.23. The Balaban J connectivity index is 2.36. The van der Waals surface area contributed by atoms with Crippen LogP contribution < -0.4 is 9.64 Å². The van der Waals surface area contributed by atoms with Gasteiger partial charge in [0, 0.05) is 20.2 Å². The Kier molecular flexibility index (Phi) is 6.18. The number of halogens is 3. The molecule has 0 saturated heterocycles. The number of nitrogens with zero attached hydrogens (tertiary/aromatic N) is 6. The van der Waals surface area contributed by atoms with Crippen molar-refractivity contribution in [3.8, 4) is 11.8 Å². The van der Waals surface area contributed by atoms with Crippen LogP contribution in [0.1, 0.15) is 26.5 Å². The van der Waals surface area contributed by atoms with E-state index in [-0.39, 0.29) is 12.4 Å². The van der Waals surface area contributed by atoms with E-state index in [2.05, 4.69) is 15.1 Å². The average Bonchev–Trinajstić information content (AvgIpc) is 2.93. The number of aryl methyl sites for hydroxylation is 1. The van der Waals surface area contributed by atoms with Gasteiger partial charge in [-0.05, 0) is 20.8 Å². The third kappa shape index (κ3) is 5.55. The van der Waals surface area contributed by atoms with Crippen molar-refractivity contribution in [2.45, 2.75) is 32.5 Å². The lowest BCUT2D eigenvalue weighted by Crippen LogP contribution is -2.33. The molecule has 0 spiro atoms. The maximum atomic E-state index is 12.8. The number of anilines is 1. The molecule has 14 heteroatoms. The zero-order chi connectivity index (χ0) is 22.9. The summed E-state index contributed by atoms with van der Waals surface area (Å²) in [5.41, 5.74) is -2.74. The molecule has 2 rings (SSSR count). The monoisotopic (exact) mass is 432 g/mol. The van der Waals surface area contributed by atoms with Crippen LogP contribution in [0.25, 0.3) is 0 Å². The highest BCUT2D eigenvalue weighted by Gasteiger charge is 2.36. The van der Waals surface area contributed by atoms with Crippen LogP contribution in [-0.2, 0) is 22.8 Å². The van der Waals surface area contributed by atoms with Crippen molar-refractivity contribution in [2.24, 2.45) is 7.05 Å². The van der Waals surface area contributed by atoms with Gasteiger partial charge in [-0.2, -0.15) is 23.3 Å². The molecular weight excluding hydrogens is 413 g/mol. The number of ether oxygens (including phenoxy) is 2. The normalized spacial score (nSPS) is 11.9. The summed E-state index contributed by atoms with van der Waals surface area (Å²) in [6, 6.07) is 0.579. The van der Waals surface area contributed by atoms with E-state index >= 15 is 0 Å². The van der Waals surface area contributed by atoms with Crippen LogP contribution in [0, 0.1) is 10.1 Å². The molecule has 0 N–H and O–H groups in total. The van der Waals surface area contributed by atoms with Crippen LogP contribution in [0.15, 0.2) is 12.4 Å². The average molecular weight is 432 g/mol. The second kappa shape index (κ2) is 8.12. The molecule has 2 aromatic rings. The van der Waals surface area contributed by atoms with Gasteiger partial charge in [-0.15, -0.1) is 0 Å².